The highest BCUT2D eigenvalue weighted by Crippen LogP contribution is 2.31. The van der Waals surface area contributed by atoms with E-state index in [1.54, 1.807) is 24.3 Å². The number of para-hydroxylation sites is 1. The molecule has 0 bridgehead atoms. The molecule has 1 amide bonds. The molecule has 1 saturated carbocycles. The van der Waals surface area contributed by atoms with Crippen LogP contribution in [0.15, 0.2) is 46.9 Å². The molecular formula is C27H33N7O3. The van der Waals surface area contributed by atoms with Crippen LogP contribution in [0.25, 0.3) is 11.0 Å². The molecule has 1 unspecified atom stereocenters. The fourth-order valence-electron chi connectivity index (χ4n) is 4.70. The molecule has 10 nitrogen and oxygen atoms in total. The van der Waals surface area contributed by atoms with Gasteiger partial charge in [-0.05, 0) is 51.7 Å². The highest BCUT2D eigenvalue weighted by atomic mass is 16.2. The number of allylic oxidation sites excluding steroid dienone is 2. The number of hydrogen-bond donors (Lipinski definition) is 2. The zero-order valence-corrected chi connectivity index (χ0v) is 21.3. The summed E-state index contributed by atoms with van der Waals surface area (Å²) < 4.78 is 3.08. The summed E-state index contributed by atoms with van der Waals surface area (Å²) in [7, 11) is 0. The lowest BCUT2D eigenvalue weighted by Crippen LogP contribution is -2.44. The first-order chi connectivity index (χ1) is 17.8. The van der Waals surface area contributed by atoms with Gasteiger partial charge >= 0.3 is 0 Å². The molecule has 1 aliphatic heterocycles. The van der Waals surface area contributed by atoms with Crippen LogP contribution in [0.4, 0.5) is 11.6 Å². The van der Waals surface area contributed by atoms with Gasteiger partial charge in [0.25, 0.3) is 5.56 Å². The summed E-state index contributed by atoms with van der Waals surface area (Å²) in [6.07, 6.45) is 7.24. The van der Waals surface area contributed by atoms with E-state index in [9.17, 15) is 14.4 Å². The Morgan fingerprint density at radius 3 is 2.70 bits per heavy atom. The van der Waals surface area contributed by atoms with E-state index in [-0.39, 0.29) is 35.8 Å². The number of ketones is 1. The van der Waals surface area contributed by atoms with E-state index in [0.29, 0.717) is 41.3 Å². The van der Waals surface area contributed by atoms with Crippen molar-refractivity contribution in [2.24, 2.45) is 11.7 Å². The maximum Gasteiger partial charge on any atom is 0.293 e. The standard InChI is InChI=1S/C27H33N7O3/c1-17(2)11-13-33-24-22(31-27(33)32-12-5-6-19(28)15-32)14-29-34(26(24)37)16-23(35)20-7-3-4-8-21(20)30-25(36)18-9-10-18/h3-4,7-8,11,14,18-19H,5-6,9-10,12-13,15-16,28H2,1-2H3,(H,30,36). The number of nitrogens with one attached hydrogen (secondary N) is 1. The van der Waals surface area contributed by atoms with E-state index in [1.807, 2.05) is 24.5 Å². The van der Waals surface area contributed by atoms with E-state index < -0.39 is 0 Å². The topological polar surface area (TPSA) is 128 Å². The first-order valence-corrected chi connectivity index (χ1v) is 12.8. The number of amides is 1. The Balaban J connectivity index is 1.49. The number of benzene rings is 1. The maximum atomic E-state index is 13.6. The average molecular weight is 504 g/mol. The van der Waals surface area contributed by atoms with Gasteiger partial charge in [0.1, 0.15) is 17.6 Å². The second-order valence-corrected chi connectivity index (χ2v) is 10.2. The van der Waals surface area contributed by atoms with Gasteiger partial charge in [-0.2, -0.15) is 5.10 Å². The number of rotatable bonds is 8. The minimum absolute atomic E-state index is 0.0135. The normalized spacial score (nSPS) is 17.6. The molecule has 10 heteroatoms. The van der Waals surface area contributed by atoms with Crippen molar-refractivity contribution >= 4 is 34.4 Å². The molecule has 1 atom stereocenters. The minimum Gasteiger partial charge on any atom is -0.341 e. The number of anilines is 2. The number of nitrogens with two attached hydrogens (primary N) is 1. The first-order valence-electron chi connectivity index (χ1n) is 12.8. The Labute approximate surface area is 215 Å². The van der Waals surface area contributed by atoms with Crippen molar-refractivity contribution in [2.75, 3.05) is 23.3 Å². The second kappa shape index (κ2) is 10.3. The van der Waals surface area contributed by atoms with E-state index in [1.165, 1.54) is 10.9 Å². The van der Waals surface area contributed by atoms with Gasteiger partial charge in [-0.25, -0.2) is 9.67 Å². The molecule has 2 fully saturated rings. The predicted octanol–water partition coefficient (Wildman–Crippen LogP) is 2.72. The number of carbonyl (C=O) groups excluding carboxylic acids is 2. The van der Waals surface area contributed by atoms with E-state index in [0.717, 1.165) is 37.8 Å². The third-order valence-electron chi connectivity index (χ3n) is 6.88. The van der Waals surface area contributed by atoms with Gasteiger partial charge in [-0.1, -0.05) is 23.8 Å². The molecule has 5 rings (SSSR count). The Morgan fingerprint density at radius 2 is 1.97 bits per heavy atom. The molecule has 37 heavy (non-hydrogen) atoms. The molecular weight excluding hydrogens is 470 g/mol. The minimum atomic E-state index is -0.382. The molecule has 1 aromatic carbocycles. The Bertz CT molecular complexity index is 1430. The fourth-order valence-corrected chi connectivity index (χ4v) is 4.70. The number of hydrogen-bond acceptors (Lipinski definition) is 7. The van der Waals surface area contributed by atoms with Gasteiger partial charge in [0, 0.05) is 37.2 Å². The van der Waals surface area contributed by atoms with Gasteiger partial charge in [0.15, 0.2) is 5.78 Å². The van der Waals surface area contributed by atoms with Crippen molar-refractivity contribution in [3.8, 4) is 0 Å². The SMILES string of the molecule is CC(C)=CCn1c(N2CCCC(N)C2)nc2cnn(CC(=O)c3ccccc3NC(=O)C3CC3)c(=O)c21. The van der Waals surface area contributed by atoms with Crippen LogP contribution in [-0.4, -0.2) is 50.2 Å². The van der Waals surface area contributed by atoms with Crippen molar-refractivity contribution in [1.82, 2.24) is 19.3 Å². The lowest BCUT2D eigenvalue weighted by atomic mass is 10.1. The maximum absolute atomic E-state index is 13.6. The molecule has 3 N–H and O–H groups in total. The fraction of sp³-hybridized carbons (Fsp3) is 0.444. The number of carbonyl (C=O) groups is 2. The molecule has 194 valence electrons. The average Bonchev–Trinajstić information content (AvgIpc) is 3.66. The number of nitrogens with zero attached hydrogens (tertiary/aromatic N) is 5. The van der Waals surface area contributed by atoms with Crippen molar-refractivity contribution < 1.29 is 9.59 Å². The van der Waals surface area contributed by atoms with Crippen LogP contribution in [0.1, 0.15) is 49.9 Å². The molecule has 3 heterocycles. The van der Waals surface area contributed by atoms with E-state index in [2.05, 4.69) is 15.3 Å². The lowest BCUT2D eigenvalue weighted by molar-refractivity contribution is -0.117. The number of imidazole rings is 1. The van der Waals surface area contributed by atoms with Gasteiger partial charge in [-0.3, -0.25) is 14.4 Å². The largest absolute Gasteiger partial charge is 0.341 e. The van der Waals surface area contributed by atoms with Crippen molar-refractivity contribution in [3.05, 3.63) is 58.0 Å². The Kier molecular flexibility index (Phi) is 6.92. The summed E-state index contributed by atoms with van der Waals surface area (Å²) in [5, 5.41) is 7.13. The van der Waals surface area contributed by atoms with Crippen LogP contribution < -0.4 is 21.5 Å². The van der Waals surface area contributed by atoms with Gasteiger partial charge in [0.2, 0.25) is 11.9 Å². The summed E-state index contributed by atoms with van der Waals surface area (Å²) in [4.78, 5) is 46.1. The highest BCUT2D eigenvalue weighted by molar-refractivity contribution is 6.05. The monoisotopic (exact) mass is 503 g/mol. The number of piperidine rings is 1. The summed E-state index contributed by atoms with van der Waals surface area (Å²) in [6.45, 7) is 5.73. The number of Topliss-reactive ketones (excluding diaryl/α,β-unsaturated/α-hetero) is 1. The van der Waals surface area contributed by atoms with E-state index >= 15 is 0 Å². The molecule has 1 saturated heterocycles. The third kappa shape index (κ3) is 5.34. The van der Waals surface area contributed by atoms with E-state index in [4.69, 9.17) is 10.7 Å². The molecule has 0 spiro atoms. The Morgan fingerprint density at radius 1 is 1.19 bits per heavy atom. The van der Waals surface area contributed by atoms with Crippen LogP contribution in [0.5, 0.6) is 0 Å². The van der Waals surface area contributed by atoms with Gasteiger partial charge in [0.05, 0.1) is 11.9 Å². The molecule has 0 radical (unpaired) electrons. The van der Waals surface area contributed by atoms with Crippen LogP contribution >= 0.6 is 0 Å². The zero-order valence-electron chi connectivity index (χ0n) is 21.3. The number of fused-ring (bicyclic) bond motifs is 1. The molecule has 2 aliphatic rings. The van der Waals surface area contributed by atoms with Gasteiger partial charge < -0.3 is 20.5 Å². The predicted molar refractivity (Wildman–Crippen MR) is 143 cm³/mol. The van der Waals surface area contributed by atoms with Crippen molar-refractivity contribution in [1.29, 1.82) is 0 Å². The number of aromatic nitrogens is 4. The van der Waals surface area contributed by atoms with Crippen molar-refractivity contribution in [3.63, 3.8) is 0 Å². The zero-order chi connectivity index (χ0) is 26.1. The quantitative estimate of drug-likeness (QED) is 0.357. The molecule has 2 aromatic heterocycles. The molecule has 1 aliphatic carbocycles. The first kappa shape index (κ1) is 24.9. The Hall–Kier alpha value is -3.79. The van der Waals surface area contributed by atoms with Crippen LogP contribution in [0.3, 0.4) is 0 Å². The highest BCUT2D eigenvalue weighted by Gasteiger charge is 2.30. The van der Waals surface area contributed by atoms with Crippen LogP contribution in [-0.2, 0) is 17.9 Å². The van der Waals surface area contributed by atoms with Crippen LogP contribution in [0, 0.1) is 5.92 Å². The van der Waals surface area contributed by atoms with Gasteiger partial charge in [-0.15, -0.1) is 0 Å². The summed E-state index contributed by atoms with van der Waals surface area (Å²) in [6, 6.07) is 6.93. The van der Waals surface area contributed by atoms with Crippen LogP contribution in [0.2, 0.25) is 0 Å². The summed E-state index contributed by atoms with van der Waals surface area (Å²) in [5.74, 6) is 0.321. The smallest absolute Gasteiger partial charge is 0.293 e. The van der Waals surface area contributed by atoms with Crippen molar-refractivity contribution in [2.45, 2.75) is 58.7 Å². The third-order valence-corrected chi connectivity index (χ3v) is 6.88. The molecule has 3 aromatic rings. The second-order valence-electron chi connectivity index (χ2n) is 10.2. The lowest BCUT2D eigenvalue weighted by Gasteiger charge is -2.31. The summed E-state index contributed by atoms with van der Waals surface area (Å²) in [5.41, 5.74) is 8.67. The summed E-state index contributed by atoms with van der Waals surface area (Å²) >= 11 is 0.